The monoisotopic (exact) mass is 457 g/mol. The molecule has 33 heavy (non-hydrogen) atoms. The number of carbonyl (C=O) groups is 1. The van der Waals surface area contributed by atoms with Crippen molar-refractivity contribution in [2.45, 2.75) is 57.3 Å². The molecule has 1 fully saturated rings. The van der Waals surface area contributed by atoms with Gasteiger partial charge in [0.1, 0.15) is 5.78 Å². The smallest absolute Gasteiger partial charge is 0.146 e. The Hall–Kier alpha value is -2.23. The first-order chi connectivity index (χ1) is 16.1. The van der Waals surface area contributed by atoms with Gasteiger partial charge in [-0.25, -0.2) is 0 Å². The van der Waals surface area contributed by atoms with E-state index in [2.05, 4.69) is 77.9 Å². The van der Waals surface area contributed by atoms with Gasteiger partial charge >= 0.3 is 0 Å². The van der Waals surface area contributed by atoms with Gasteiger partial charge in [0, 0.05) is 23.7 Å². The maximum absolute atomic E-state index is 13.8. The first-order valence-corrected chi connectivity index (χ1v) is 13.5. The van der Waals surface area contributed by atoms with Crippen molar-refractivity contribution in [1.29, 1.82) is 0 Å². The third-order valence-electron chi connectivity index (χ3n) is 7.98. The Morgan fingerprint density at radius 3 is 2.55 bits per heavy atom. The number of rotatable bonds is 7. The third kappa shape index (κ3) is 4.72. The molecule has 5 rings (SSSR count). The van der Waals surface area contributed by atoms with E-state index in [1.807, 2.05) is 11.3 Å². The lowest BCUT2D eigenvalue weighted by molar-refractivity contribution is -0.129. The number of hydrogen-bond donors (Lipinski definition) is 0. The summed E-state index contributed by atoms with van der Waals surface area (Å²) in [5, 5.41) is 3.71. The third-order valence-corrected chi connectivity index (χ3v) is 8.94. The number of Topliss-reactive ketones (excluding diaryl/α,β-unsaturated/α-hetero) is 1. The lowest BCUT2D eigenvalue weighted by Gasteiger charge is -2.36. The first-order valence-electron chi connectivity index (χ1n) is 12.6. The molecule has 0 amide bonds. The number of ketones is 1. The van der Waals surface area contributed by atoms with Crippen LogP contribution in [0.5, 0.6) is 0 Å². The summed E-state index contributed by atoms with van der Waals surface area (Å²) in [6.45, 7) is 5.22. The number of carbonyl (C=O) groups excluding carboxylic acids is 1. The minimum Gasteiger partial charge on any atom is -0.299 e. The number of benzene rings is 2. The van der Waals surface area contributed by atoms with Gasteiger partial charge in [-0.1, -0.05) is 73.9 Å². The van der Waals surface area contributed by atoms with Crippen LogP contribution in [0.4, 0.5) is 0 Å². The quantitative estimate of drug-likeness (QED) is 0.366. The predicted molar refractivity (Wildman–Crippen MR) is 141 cm³/mol. The van der Waals surface area contributed by atoms with Crippen LogP contribution in [0.1, 0.15) is 63.0 Å². The molecule has 2 aliphatic rings. The van der Waals surface area contributed by atoms with Gasteiger partial charge in [-0.05, 0) is 72.7 Å². The van der Waals surface area contributed by atoms with Crippen molar-refractivity contribution < 1.29 is 4.79 Å². The molecular formula is C30H35NOS. The molecule has 1 aliphatic heterocycles. The van der Waals surface area contributed by atoms with Crippen molar-refractivity contribution in [1.82, 2.24) is 4.90 Å². The summed E-state index contributed by atoms with van der Waals surface area (Å²) in [7, 11) is 0. The summed E-state index contributed by atoms with van der Waals surface area (Å²) < 4.78 is 1.37. The van der Waals surface area contributed by atoms with E-state index in [1.165, 1.54) is 46.0 Å². The first kappa shape index (κ1) is 22.6. The highest BCUT2D eigenvalue weighted by atomic mass is 32.1. The normalized spacial score (nSPS) is 19.8. The van der Waals surface area contributed by atoms with Crippen LogP contribution in [0.2, 0.25) is 0 Å². The van der Waals surface area contributed by atoms with E-state index >= 15 is 0 Å². The molecule has 3 heteroatoms. The fourth-order valence-electron chi connectivity index (χ4n) is 5.80. The van der Waals surface area contributed by atoms with Crippen LogP contribution in [0.25, 0.3) is 15.7 Å². The van der Waals surface area contributed by atoms with Crippen molar-refractivity contribution >= 4 is 32.8 Å². The van der Waals surface area contributed by atoms with Gasteiger partial charge in [0.15, 0.2) is 0 Å². The Balaban J connectivity index is 1.29. The van der Waals surface area contributed by atoms with Gasteiger partial charge in [-0.15, -0.1) is 11.3 Å². The summed E-state index contributed by atoms with van der Waals surface area (Å²) >= 11 is 1.84. The molecule has 1 unspecified atom stereocenters. The van der Waals surface area contributed by atoms with E-state index < -0.39 is 5.41 Å². The molecule has 2 heterocycles. The van der Waals surface area contributed by atoms with E-state index in [-0.39, 0.29) is 5.92 Å². The summed E-state index contributed by atoms with van der Waals surface area (Å²) in [6.07, 6.45) is 10.2. The summed E-state index contributed by atoms with van der Waals surface area (Å²) in [4.78, 5) is 16.3. The fourth-order valence-corrected chi connectivity index (χ4v) is 6.78. The zero-order chi connectivity index (χ0) is 22.7. The molecule has 1 atom stereocenters. The molecule has 1 aromatic heterocycles. The minimum absolute atomic E-state index is 0.240. The van der Waals surface area contributed by atoms with Gasteiger partial charge in [0.2, 0.25) is 0 Å². The number of nitrogens with zero attached hydrogens (tertiary/aromatic N) is 1. The Kier molecular flexibility index (Phi) is 6.80. The lowest BCUT2D eigenvalue weighted by Crippen LogP contribution is -2.42. The molecule has 0 bridgehead atoms. The van der Waals surface area contributed by atoms with Crippen LogP contribution in [-0.2, 0) is 10.2 Å². The summed E-state index contributed by atoms with van der Waals surface area (Å²) in [5.74, 6) is 0.718. The molecule has 0 N–H and O–H groups in total. The van der Waals surface area contributed by atoms with Crippen LogP contribution < -0.4 is 0 Å². The van der Waals surface area contributed by atoms with Crippen molar-refractivity contribution in [2.24, 2.45) is 5.92 Å². The van der Waals surface area contributed by atoms with E-state index in [0.717, 1.165) is 45.3 Å². The molecule has 172 valence electrons. The van der Waals surface area contributed by atoms with E-state index in [4.69, 9.17) is 0 Å². The van der Waals surface area contributed by atoms with Crippen LogP contribution in [0.15, 0.2) is 66.1 Å². The maximum Gasteiger partial charge on any atom is 0.146 e. The van der Waals surface area contributed by atoms with Crippen molar-refractivity contribution in [3.8, 4) is 0 Å². The van der Waals surface area contributed by atoms with Gasteiger partial charge in [-0.2, -0.15) is 0 Å². The molecule has 2 nitrogen and oxygen atoms in total. The molecule has 1 saturated carbocycles. The van der Waals surface area contributed by atoms with Gasteiger partial charge in [0.05, 0.1) is 5.41 Å². The molecule has 1 aliphatic carbocycles. The van der Waals surface area contributed by atoms with E-state index in [0.29, 0.717) is 5.78 Å². The lowest BCUT2D eigenvalue weighted by atomic mass is 9.69. The molecule has 3 aromatic rings. The molecule has 2 aromatic carbocycles. The zero-order valence-electron chi connectivity index (χ0n) is 19.8. The highest BCUT2D eigenvalue weighted by molar-refractivity contribution is 7.17. The fraction of sp³-hybridized carbons (Fsp3) is 0.433. The van der Waals surface area contributed by atoms with E-state index in [9.17, 15) is 4.79 Å². The molecular weight excluding hydrogens is 422 g/mol. The van der Waals surface area contributed by atoms with Gasteiger partial charge in [0.25, 0.3) is 0 Å². The minimum atomic E-state index is -0.392. The van der Waals surface area contributed by atoms with Crippen molar-refractivity contribution in [2.75, 3.05) is 19.6 Å². The highest BCUT2D eigenvalue weighted by Gasteiger charge is 2.39. The van der Waals surface area contributed by atoms with Crippen LogP contribution in [0.3, 0.4) is 0 Å². The largest absolute Gasteiger partial charge is 0.299 e. The topological polar surface area (TPSA) is 20.3 Å². The zero-order valence-corrected chi connectivity index (χ0v) is 20.6. The van der Waals surface area contributed by atoms with Crippen molar-refractivity contribution in [3.63, 3.8) is 0 Å². The average Bonchev–Trinajstić information content (AvgIpc) is 3.32. The second-order valence-corrected chi connectivity index (χ2v) is 11.0. The second kappa shape index (κ2) is 9.95. The maximum atomic E-state index is 13.8. The molecule has 0 spiro atoms. The standard InChI is InChI=1S/C30H35NOS/c1-30(25-12-6-3-7-13-25,29(32)24-10-4-2-5-11-24)18-21-31-19-16-23(17-20-31)27-22-33-28-15-9-8-14-26(27)28/h3,6-9,12-16,22,24H,2,4-5,10-11,17-21H2,1H3. The van der Waals surface area contributed by atoms with Crippen LogP contribution in [-0.4, -0.2) is 30.3 Å². The van der Waals surface area contributed by atoms with E-state index in [1.54, 1.807) is 0 Å². The van der Waals surface area contributed by atoms with Gasteiger partial charge in [-0.3, -0.25) is 9.69 Å². The SMILES string of the molecule is CC(CCN1CC=C(c2csc3ccccc23)CC1)(C(=O)C1CCCCC1)c1ccccc1. The Bertz CT molecular complexity index is 1120. The summed E-state index contributed by atoms with van der Waals surface area (Å²) in [6, 6.07) is 19.3. The predicted octanol–water partition coefficient (Wildman–Crippen LogP) is 7.49. The second-order valence-electron chi connectivity index (χ2n) is 10.1. The highest BCUT2D eigenvalue weighted by Crippen LogP contribution is 2.38. The van der Waals surface area contributed by atoms with Crippen LogP contribution in [0, 0.1) is 5.92 Å². The molecule has 0 saturated heterocycles. The summed E-state index contributed by atoms with van der Waals surface area (Å²) in [5.41, 5.74) is 3.69. The number of hydrogen-bond acceptors (Lipinski definition) is 3. The number of fused-ring (bicyclic) bond motifs is 1. The van der Waals surface area contributed by atoms with Crippen LogP contribution >= 0.6 is 11.3 Å². The number of thiophene rings is 1. The Labute approximate surface area is 202 Å². The Morgan fingerprint density at radius 1 is 1.03 bits per heavy atom. The average molecular weight is 458 g/mol. The Morgan fingerprint density at radius 2 is 1.79 bits per heavy atom. The van der Waals surface area contributed by atoms with Crippen molar-refractivity contribution in [3.05, 3.63) is 77.2 Å². The van der Waals surface area contributed by atoms with Gasteiger partial charge < -0.3 is 0 Å². The molecule has 0 radical (unpaired) electrons.